The lowest BCUT2D eigenvalue weighted by Gasteiger charge is -2.36. The number of hydrogen-bond acceptors (Lipinski definition) is 5. The van der Waals surface area contributed by atoms with Gasteiger partial charge in [0.1, 0.15) is 11.4 Å². The van der Waals surface area contributed by atoms with Crippen LogP contribution in [0.15, 0.2) is 42.0 Å². The minimum Gasteiger partial charge on any atom is -0.490 e. The van der Waals surface area contributed by atoms with Gasteiger partial charge in [-0.05, 0) is 99.6 Å². The smallest absolute Gasteiger partial charge is 0.410 e. The van der Waals surface area contributed by atoms with Crippen LogP contribution in [0.3, 0.4) is 0 Å². The van der Waals surface area contributed by atoms with Crippen LogP contribution >= 0.6 is 0 Å². The maximum Gasteiger partial charge on any atom is 0.410 e. The number of hydrogen-bond donors (Lipinski definition) is 0. The molecule has 0 radical (unpaired) electrons. The molecule has 2 aromatic carbocycles. The molecule has 5 rings (SSSR count). The Morgan fingerprint density at radius 2 is 1.85 bits per heavy atom. The lowest BCUT2D eigenvalue weighted by atomic mass is 9.68. The van der Waals surface area contributed by atoms with Gasteiger partial charge in [0.15, 0.2) is 5.78 Å². The Morgan fingerprint density at radius 1 is 1.10 bits per heavy atom. The molecule has 0 bridgehead atoms. The minimum atomic E-state index is -0.548. The second-order valence-electron chi connectivity index (χ2n) is 12.4. The molecule has 1 amide bonds. The van der Waals surface area contributed by atoms with Crippen LogP contribution in [0.1, 0.15) is 93.1 Å². The van der Waals surface area contributed by atoms with Crippen LogP contribution in [-0.4, -0.2) is 41.6 Å². The van der Waals surface area contributed by atoms with Gasteiger partial charge in [0, 0.05) is 35.2 Å². The number of rotatable bonds is 3. The van der Waals surface area contributed by atoms with Crippen molar-refractivity contribution in [3.05, 3.63) is 75.4 Å². The van der Waals surface area contributed by atoms with Gasteiger partial charge < -0.3 is 14.4 Å². The highest BCUT2D eigenvalue weighted by Crippen LogP contribution is 2.51. The summed E-state index contributed by atoms with van der Waals surface area (Å²) in [6.07, 6.45) is 2.98. The molecule has 0 spiro atoms. The molecule has 0 atom stereocenters. The first-order valence-electron chi connectivity index (χ1n) is 13.6. The zero-order chi connectivity index (χ0) is 28.3. The van der Waals surface area contributed by atoms with Crippen LogP contribution in [0.2, 0.25) is 0 Å². The molecular weight excluding hydrogens is 488 g/mol. The summed E-state index contributed by atoms with van der Waals surface area (Å²) in [7, 11) is 0. The van der Waals surface area contributed by atoms with Crippen molar-refractivity contribution in [1.82, 2.24) is 4.90 Å². The molecule has 0 aromatic heterocycles. The number of Topliss-reactive ketones (excluding diaryl/α,β-unsaturated/α-hetero) is 1. The van der Waals surface area contributed by atoms with Crippen molar-refractivity contribution in [3.8, 4) is 11.8 Å². The normalized spacial score (nSPS) is 17.8. The molecule has 6 nitrogen and oxygen atoms in total. The number of ketones is 1. The van der Waals surface area contributed by atoms with Crippen LogP contribution < -0.4 is 4.74 Å². The molecule has 0 N–H and O–H groups in total. The van der Waals surface area contributed by atoms with Gasteiger partial charge in [0.05, 0.1) is 17.7 Å². The average molecular weight is 525 g/mol. The number of nitriles is 1. The Balaban J connectivity index is 1.56. The van der Waals surface area contributed by atoms with E-state index in [-0.39, 0.29) is 23.4 Å². The standard InChI is InChI=1S/C33H36N2O4/c1-19(2)38-28-17-26-25(16-24(28)21-10-12-35(13-11-21)31(37)39-32(3,4)5)30(36)29-23-9-8-20(18-34)14-22(23)15-27(29)33(26,6)7/h8-10,14,16-17,19H,11-13,15H2,1-7H3. The Bertz CT molecular complexity index is 1490. The number of nitrogens with zero attached hydrogens (tertiary/aromatic N) is 2. The van der Waals surface area contributed by atoms with Crippen LogP contribution in [0.25, 0.3) is 11.1 Å². The Labute approximate surface area is 230 Å². The maximum atomic E-state index is 14.1. The summed E-state index contributed by atoms with van der Waals surface area (Å²) in [5.74, 6) is 0.778. The largest absolute Gasteiger partial charge is 0.490 e. The van der Waals surface area contributed by atoms with E-state index in [9.17, 15) is 14.9 Å². The first-order chi connectivity index (χ1) is 18.3. The van der Waals surface area contributed by atoms with E-state index < -0.39 is 5.60 Å². The molecule has 1 aliphatic heterocycles. The van der Waals surface area contributed by atoms with Gasteiger partial charge in [0.2, 0.25) is 0 Å². The summed E-state index contributed by atoms with van der Waals surface area (Å²) >= 11 is 0. The predicted octanol–water partition coefficient (Wildman–Crippen LogP) is 6.85. The second-order valence-corrected chi connectivity index (χ2v) is 12.4. The third-order valence-corrected chi connectivity index (χ3v) is 7.76. The van der Waals surface area contributed by atoms with E-state index in [1.807, 2.05) is 58.9 Å². The molecule has 202 valence electrons. The summed E-state index contributed by atoms with van der Waals surface area (Å²) in [6, 6.07) is 11.9. The number of allylic oxidation sites excluding steroid dienone is 2. The van der Waals surface area contributed by atoms with E-state index in [1.165, 1.54) is 0 Å². The van der Waals surface area contributed by atoms with Gasteiger partial charge in [-0.25, -0.2) is 4.79 Å². The molecule has 0 saturated carbocycles. The summed E-state index contributed by atoms with van der Waals surface area (Å²) in [6.45, 7) is 14.9. The van der Waals surface area contributed by atoms with Gasteiger partial charge >= 0.3 is 6.09 Å². The summed E-state index contributed by atoms with van der Waals surface area (Å²) < 4.78 is 11.9. The van der Waals surface area contributed by atoms with Gasteiger partial charge in [-0.3, -0.25) is 4.79 Å². The molecule has 0 unspecified atom stereocenters. The lowest BCUT2D eigenvalue weighted by Crippen LogP contribution is -2.39. The van der Waals surface area contributed by atoms with E-state index >= 15 is 0 Å². The van der Waals surface area contributed by atoms with Crippen molar-refractivity contribution in [3.63, 3.8) is 0 Å². The van der Waals surface area contributed by atoms with Crippen molar-refractivity contribution >= 4 is 23.0 Å². The number of carbonyl (C=O) groups excluding carboxylic acids is 2. The average Bonchev–Trinajstić information content (AvgIpc) is 3.26. The maximum absolute atomic E-state index is 14.1. The monoisotopic (exact) mass is 524 g/mol. The fourth-order valence-electron chi connectivity index (χ4n) is 5.88. The van der Waals surface area contributed by atoms with E-state index in [4.69, 9.17) is 9.47 Å². The van der Waals surface area contributed by atoms with Gasteiger partial charge in [-0.1, -0.05) is 26.0 Å². The highest BCUT2D eigenvalue weighted by Gasteiger charge is 2.43. The van der Waals surface area contributed by atoms with Crippen molar-refractivity contribution in [2.45, 2.75) is 78.4 Å². The van der Waals surface area contributed by atoms with Crippen LogP contribution in [0.5, 0.6) is 5.75 Å². The van der Waals surface area contributed by atoms with Gasteiger partial charge in [-0.2, -0.15) is 5.26 Å². The minimum absolute atomic E-state index is 0.0203. The first-order valence-corrected chi connectivity index (χ1v) is 13.6. The number of ether oxygens (including phenoxy) is 2. The number of fused-ring (bicyclic) bond motifs is 3. The Hall–Kier alpha value is -3.85. The van der Waals surface area contributed by atoms with E-state index in [1.54, 1.807) is 11.0 Å². The van der Waals surface area contributed by atoms with Crippen molar-refractivity contribution in [1.29, 1.82) is 5.26 Å². The summed E-state index contributed by atoms with van der Waals surface area (Å²) in [4.78, 5) is 28.4. The summed E-state index contributed by atoms with van der Waals surface area (Å²) in [5, 5.41) is 9.40. The van der Waals surface area contributed by atoms with Gasteiger partial charge in [-0.15, -0.1) is 0 Å². The fraction of sp³-hybridized carbons (Fsp3) is 0.424. The number of carbonyl (C=O) groups is 2. The van der Waals surface area contributed by atoms with Crippen LogP contribution in [-0.2, 0) is 16.6 Å². The Kier molecular flexibility index (Phi) is 6.45. The molecule has 6 heteroatoms. The van der Waals surface area contributed by atoms with Crippen LogP contribution in [0, 0.1) is 11.3 Å². The highest BCUT2D eigenvalue weighted by molar-refractivity contribution is 6.33. The topological polar surface area (TPSA) is 79.6 Å². The molecular formula is C33H36N2O4. The fourth-order valence-corrected chi connectivity index (χ4v) is 5.88. The summed E-state index contributed by atoms with van der Waals surface area (Å²) in [5.41, 5.74) is 7.12. The van der Waals surface area contributed by atoms with Crippen molar-refractivity contribution in [2.24, 2.45) is 0 Å². The van der Waals surface area contributed by atoms with E-state index in [0.717, 1.165) is 44.7 Å². The molecule has 0 fully saturated rings. The third-order valence-electron chi connectivity index (χ3n) is 7.76. The zero-order valence-corrected chi connectivity index (χ0v) is 23.9. The lowest BCUT2D eigenvalue weighted by molar-refractivity contribution is 0.0270. The third kappa shape index (κ3) is 4.76. The SMILES string of the molecule is CC(C)Oc1cc2c(cc1C1=CCN(C(=O)OC(C)(C)C)CC1)C(=O)C1=C(Cc3cc(C#N)ccc31)C2(C)C. The first kappa shape index (κ1) is 26.7. The van der Waals surface area contributed by atoms with E-state index in [0.29, 0.717) is 37.1 Å². The van der Waals surface area contributed by atoms with Crippen molar-refractivity contribution in [2.75, 3.05) is 13.1 Å². The highest BCUT2D eigenvalue weighted by atomic mass is 16.6. The quantitative estimate of drug-likeness (QED) is 0.439. The molecule has 2 aromatic rings. The zero-order valence-electron chi connectivity index (χ0n) is 23.9. The molecule has 2 aliphatic carbocycles. The molecule has 3 aliphatic rings. The predicted molar refractivity (Wildman–Crippen MR) is 152 cm³/mol. The van der Waals surface area contributed by atoms with Crippen LogP contribution in [0.4, 0.5) is 4.79 Å². The van der Waals surface area contributed by atoms with E-state index in [2.05, 4.69) is 26.0 Å². The Morgan fingerprint density at radius 3 is 2.46 bits per heavy atom. The number of amides is 1. The van der Waals surface area contributed by atoms with Crippen molar-refractivity contribution < 1.29 is 19.1 Å². The second kappa shape index (κ2) is 9.41. The number of benzene rings is 2. The molecule has 1 heterocycles. The molecule has 0 saturated heterocycles. The van der Waals surface area contributed by atoms with Gasteiger partial charge in [0.25, 0.3) is 0 Å². The molecule has 39 heavy (non-hydrogen) atoms.